The first kappa shape index (κ1) is 15.8. The largest absolute Gasteiger partial charge is 0.416 e. The number of rotatable bonds is 3. The third-order valence-corrected chi connectivity index (χ3v) is 2.98. The summed E-state index contributed by atoms with van der Waals surface area (Å²) in [5, 5.41) is 0. The van der Waals surface area contributed by atoms with Crippen LogP contribution in [0.1, 0.15) is 21.5 Å². The SMILES string of the molecule is NNC(=O)c1ccc(=O)n(Cc2cccc(C(F)(F)F)c2)c1. The molecule has 0 fully saturated rings. The lowest BCUT2D eigenvalue weighted by molar-refractivity contribution is -0.137. The van der Waals surface area contributed by atoms with Gasteiger partial charge in [0.1, 0.15) is 0 Å². The van der Waals surface area contributed by atoms with E-state index in [9.17, 15) is 22.8 Å². The van der Waals surface area contributed by atoms with Crippen LogP contribution in [0.15, 0.2) is 47.4 Å². The normalized spacial score (nSPS) is 11.3. The molecule has 22 heavy (non-hydrogen) atoms. The molecular weight excluding hydrogens is 299 g/mol. The van der Waals surface area contributed by atoms with Crippen molar-refractivity contribution in [2.45, 2.75) is 12.7 Å². The van der Waals surface area contributed by atoms with Gasteiger partial charge < -0.3 is 4.57 Å². The van der Waals surface area contributed by atoms with Gasteiger partial charge in [-0.1, -0.05) is 12.1 Å². The second kappa shape index (κ2) is 6.02. The quantitative estimate of drug-likeness (QED) is 0.512. The Bertz CT molecular complexity index is 753. The van der Waals surface area contributed by atoms with Crippen LogP contribution in [0.25, 0.3) is 0 Å². The van der Waals surface area contributed by atoms with E-state index in [-0.39, 0.29) is 12.1 Å². The van der Waals surface area contributed by atoms with Crippen molar-refractivity contribution in [1.29, 1.82) is 0 Å². The second-order valence-electron chi connectivity index (χ2n) is 4.56. The van der Waals surface area contributed by atoms with Gasteiger partial charge in [-0.25, -0.2) is 5.84 Å². The van der Waals surface area contributed by atoms with E-state index in [1.807, 2.05) is 5.43 Å². The Hall–Kier alpha value is -2.61. The number of hydrogen-bond acceptors (Lipinski definition) is 3. The number of nitrogens with two attached hydrogens (primary N) is 1. The van der Waals surface area contributed by atoms with E-state index in [1.54, 1.807) is 0 Å². The fraction of sp³-hybridized carbons (Fsp3) is 0.143. The molecule has 1 aromatic carbocycles. The number of nitrogens with zero attached hydrogens (tertiary/aromatic N) is 1. The van der Waals surface area contributed by atoms with Crippen LogP contribution in [0.2, 0.25) is 0 Å². The molecule has 5 nitrogen and oxygen atoms in total. The number of nitrogens with one attached hydrogen (secondary N) is 1. The van der Waals surface area contributed by atoms with Crippen LogP contribution in [-0.2, 0) is 12.7 Å². The summed E-state index contributed by atoms with van der Waals surface area (Å²) in [5.74, 6) is 4.40. The van der Waals surface area contributed by atoms with Crippen LogP contribution in [0.4, 0.5) is 13.2 Å². The average molecular weight is 311 g/mol. The van der Waals surface area contributed by atoms with Gasteiger partial charge in [-0.15, -0.1) is 0 Å². The van der Waals surface area contributed by atoms with Gasteiger partial charge in [0.05, 0.1) is 17.7 Å². The Balaban J connectivity index is 2.35. The first-order chi connectivity index (χ1) is 10.3. The molecule has 0 aliphatic carbocycles. The van der Waals surface area contributed by atoms with Crippen LogP contribution in [0.3, 0.4) is 0 Å². The maximum Gasteiger partial charge on any atom is 0.416 e. The molecule has 1 aromatic heterocycles. The number of carbonyl (C=O) groups excluding carboxylic acids is 1. The highest BCUT2D eigenvalue weighted by Gasteiger charge is 2.30. The number of carbonyl (C=O) groups is 1. The molecule has 1 heterocycles. The molecule has 3 N–H and O–H groups in total. The van der Waals surface area contributed by atoms with Crippen LogP contribution < -0.4 is 16.8 Å². The molecule has 0 saturated carbocycles. The van der Waals surface area contributed by atoms with Gasteiger partial charge in [0.15, 0.2) is 0 Å². The summed E-state index contributed by atoms with van der Waals surface area (Å²) >= 11 is 0. The Morgan fingerprint density at radius 1 is 1.23 bits per heavy atom. The standard InChI is InChI=1S/C14H12F3N3O2/c15-14(16,17)11-3-1-2-9(6-11)7-20-8-10(13(22)19-18)4-5-12(20)21/h1-6,8H,7,18H2,(H,19,22). The van der Waals surface area contributed by atoms with E-state index < -0.39 is 23.2 Å². The van der Waals surface area contributed by atoms with E-state index in [0.717, 1.165) is 22.8 Å². The number of hydrogen-bond donors (Lipinski definition) is 2. The third kappa shape index (κ3) is 3.53. The van der Waals surface area contributed by atoms with Crippen LogP contribution in [0, 0.1) is 0 Å². The van der Waals surface area contributed by atoms with E-state index in [1.165, 1.54) is 24.4 Å². The Morgan fingerprint density at radius 2 is 1.95 bits per heavy atom. The minimum atomic E-state index is -4.46. The Morgan fingerprint density at radius 3 is 2.59 bits per heavy atom. The molecule has 0 spiro atoms. The number of halogens is 3. The smallest absolute Gasteiger partial charge is 0.310 e. The first-order valence-electron chi connectivity index (χ1n) is 6.19. The monoisotopic (exact) mass is 311 g/mol. The number of nitrogen functional groups attached to an aromatic ring is 1. The van der Waals surface area contributed by atoms with Gasteiger partial charge in [-0.05, 0) is 23.8 Å². The molecule has 0 radical (unpaired) electrons. The summed E-state index contributed by atoms with van der Waals surface area (Å²) in [7, 11) is 0. The van der Waals surface area contributed by atoms with Crippen LogP contribution in [-0.4, -0.2) is 10.5 Å². The van der Waals surface area contributed by atoms with E-state index >= 15 is 0 Å². The molecule has 0 aliphatic heterocycles. The second-order valence-corrected chi connectivity index (χ2v) is 4.56. The molecule has 0 saturated heterocycles. The van der Waals surface area contributed by atoms with Gasteiger partial charge in [0, 0.05) is 12.3 Å². The number of aromatic nitrogens is 1. The summed E-state index contributed by atoms with van der Waals surface area (Å²) in [5.41, 5.74) is 1.11. The van der Waals surface area contributed by atoms with Crippen LogP contribution >= 0.6 is 0 Å². The topological polar surface area (TPSA) is 77.1 Å². The van der Waals surface area contributed by atoms with Gasteiger partial charge >= 0.3 is 6.18 Å². The lowest BCUT2D eigenvalue weighted by Gasteiger charge is -2.11. The number of alkyl halides is 3. The van der Waals surface area contributed by atoms with Crippen molar-refractivity contribution < 1.29 is 18.0 Å². The molecular formula is C14H12F3N3O2. The van der Waals surface area contributed by atoms with Gasteiger partial charge in [-0.2, -0.15) is 13.2 Å². The molecule has 0 atom stereocenters. The minimum absolute atomic E-state index is 0.0888. The molecule has 0 bridgehead atoms. The Labute approximate surface area is 123 Å². The number of benzene rings is 1. The van der Waals surface area contributed by atoms with Gasteiger partial charge in [-0.3, -0.25) is 15.0 Å². The summed E-state index contributed by atoms with van der Waals surface area (Å²) in [6.07, 6.45) is -3.22. The summed E-state index contributed by atoms with van der Waals surface area (Å²) < 4.78 is 39.1. The van der Waals surface area contributed by atoms with Crippen molar-refractivity contribution in [3.63, 3.8) is 0 Å². The number of pyridine rings is 1. The number of amides is 1. The van der Waals surface area contributed by atoms with E-state index in [4.69, 9.17) is 5.84 Å². The van der Waals surface area contributed by atoms with Crippen molar-refractivity contribution >= 4 is 5.91 Å². The molecule has 8 heteroatoms. The fourth-order valence-electron chi connectivity index (χ4n) is 1.92. The van der Waals surface area contributed by atoms with Gasteiger partial charge in [0.25, 0.3) is 11.5 Å². The lowest BCUT2D eigenvalue weighted by Crippen LogP contribution is -2.31. The summed E-state index contributed by atoms with van der Waals surface area (Å²) in [4.78, 5) is 23.2. The lowest BCUT2D eigenvalue weighted by atomic mass is 10.1. The molecule has 2 rings (SSSR count). The van der Waals surface area contributed by atoms with Gasteiger partial charge in [0.2, 0.25) is 0 Å². The molecule has 0 aliphatic rings. The highest BCUT2D eigenvalue weighted by Crippen LogP contribution is 2.29. The maximum absolute atomic E-state index is 12.7. The molecule has 1 amide bonds. The molecule has 2 aromatic rings. The van der Waals surface area contributed by atoms with Crippen molar-refractivity contribution in [2.75, 3.05) is 0 Å². The predicted octanol–water partition coefficient (Wildman–Crippen LogP) is 1.52. The maximum atomic E-state index is 12.7. The van der Waals surface area contributed by atoms with E-state index in [2.05, 4.69) is 0 Å². The highest BCUT2D eigenvalue weighted by atomic mass is 19.4. The Kier molecular flexibility index (Phi) is 4.32. The zero-order valence-electron chi connectivity index (χ0n) is 11.2. The van der Waals surface area contributed by atoms with Crippen molar-refractivity contribution in [3.8, 4) is 0 Å². The van der Waals surface area contributed by atoms with Crippen molar-refractivity contribution in [3.05, 3.63) is 69.6 Å². The fourth-order valence-corrected chi connectivity index (χ4v) is 1.92. The summed E-state index contributed by atoms with van der Waals surface area (Å²) in [6, 6.07) is 7.08. The molecule has 116 valence electrons. The number of hydrazine groups is 1. The van der Waals surface area contributed by atoms with Crippen molar-refractivity contribution in [1.82, 2.24) is 9.99 Å². The van der Waals surface area contributed by atoms with E-state index in [0.29, 0.717) is 5.56 Å². The molecule has 0 unspecified atom stereocenters. The summed E-state index contributed by atoms with van der Waals surface area (Å²) in [6.45, 7) is -0.0888. The van der Waals surface area contributed by atoms with Crippen LogP contribution in [0.5, 0.6) is 0 Å². The first-order valence-corrected chi connectivity index (χ1v) is 6.19. The minimum Gasteiger partial charge on any atom is -0.310 e. The zero-order valence-corrected chi connectivity index (χ0v) is 11.2. The third-order valence-electron chi connectivity index (χ3n) is 2.98. The average Bonchev–Trinajstić information content (AvgIpc) is 2.48. The predicted molar refractivity (Wildman–Crippen MR) is 72.9 cm³/mol. The van der Waals surface area contributed by atoms with Crippen molar-refractivity contribution in [2.24, 2.45) is 5.84 Å². The highest BCUT2D eigenvalue weighted by molar-refractivity contribution is 5.93. The zero-order chi connectivity index (χ0) is 16.3.